The second kappa shape index (κ2) is 10.4. The zero-order valence-electron chi connectivity index (χ0n) is 20.0. The molecule has 34 heavy (non-hydrogen) atoms. The van der Waals surface area contributed by atoms with E-state index in [-0.39, 0.29) is 24.1 Å². The van der Waals surface area contributed by atoms with Gasteiger partial charge < -0.3 is 14.5 Å². The van der Waals surface area contributed by atoms with Gasteiger partial charge in [0.2, 0.25) is 0 Å². The Morgan fingerprint density at radius 3 is 2.35 bits per heavy atom. The normalized spacial score (nSPS) is 18.3. The van der Waals surface area contributed by atoms with Gasteiger partial charge in [0.25, 0.3) is 0 Å². The quantitative estimate of drug-likeness (QED) is 0.362. The molecule has 4 rings (SSSR count). The number of benzene rings is 3. The van der Waals surface area contributed by atoms with E-state index in [1.54, 1.807) is 4.90 Å². The number of hydrogen-bond acceptors (Lipinski definition) is 3. The van der Waals surface area contributed by atoms with Crippen LogP contribution >= 0.6 is 23.2 Å². The smallest absolute Gasteiger partial charge is 0.410 e. The summed E-state index contributed by atoms with van der Waals surface area (Å²) in [5.74, 6) is 0.761. The van der Waals surface area contributed by atoms with Crippen LogP contribution in [0.3, 0.4) is 0 Å². The maximum absolute atomic E-state index is 13.1. The summed E-state index contributed by atoms with van der Waals surface area (Å²) in [5, 5.41) is 1.11. The molecule has 1 amide bonds. The topological polar surface area (TPSA) is 32.8 Å². The van der Waals surface area contributed by atoms with Crippen LogP contribution in [0, 0.1) is 0 Å². The van der Waals surface area contributed by atoms with Crippen LogP contribution in [-0.2, 0) is 0 Å². The lowest BCUT2D eigenvalue weighted by molar-refractivity contribution is 0.139. The molecular formula is C28H30Cl2N2O2. The van der Waals surface area contributed by atoms with Crippen LogP contribution in [0.2, 0.25) is 10.0 Å². The van der Waals surface area contributed by atoms with E-state index in [1.165, 1.54) is 5.56 Å². The second-order valence-corrected chi connectivity index (χ2v) is 9.95. The highest BCUT2D eigenvalue weighted by Gasteiger charge is 2.33. The van der Waals surface area contributed by atoms with Crippen molar-refractivity contribution in [2.45, 2.75) is 37.8 Å². The Balaban J connectivity index is 1.55. The van der Waals surface area contributed by atoms with Crippen molar-refractivity contribution in [1.82, 2.24) is 9.80 Å². The predicted molar refractivity (Wildman–Crippen MR) is 139 cm³/mol. The van der Waals surface area contributed by atoms with E-state index in [0.717, 1.165) is 29.5 Å². The SMILES string of the molecule is C[C@@H](c1cccc(OC(=O)N(C)[C@H]2CC[C@@H](c3ccc(Cl)c(Cl)c3)c3ccccc32)c1)N(C)C. The van der Waals surface area contributed by atoms with Crippen LogP contribution in [-0.4, -0.2) is 37.0 Å². The summed E-state index contributed by atoms with van der Waals surface area (Å²) in [7, 11) is 5.88. The molecular weight excluding hydrogens is 467 g/mol. The van der Waals surface area contributed by atoms with Gasteiger partial charge in [-0.25, -0.2) is 4.79 Å². The van der Waals surface area contributed by atoms with Gasteiger partial charge in [-0.1, -0.05) is 65.7 Å². The summed E-state index contributed by atoms with van der Waals surface area (Å²) in [4.78, 5) is 17.0. The maximum Gasteiger partial charge on any atom is 0.415 e. The monoisotopic (exact) mass is 496 g/mol. The molecule has 0 saturated carbocycles. The highest BCUT2D eigenvalue weighted by molar-refractivity contribution is 6.42. The van der Waals surface area contributed by atoms with Gasteiger partial charge in [0.15, 0.2) is 0 Å². The van der Waals surface area contributed by atoms with Crippen molar-refractivity contribution >= 4 is 29.3 Å². The summed E-state index contributed by atoms with van der Waals surface area (Å²) >= 11 is 12.4. The van der Waals surface area contributed by atoms with Gasteiger partial charge in [-0.3, -0.25) is 0 Å². The number of amides is 1. The molecule has 0 radical (unpaired) electrons. The molecule has 6 heteroatoms. The summed E-state index contributed by atoms with van der Waals surface area (Å²) in [5.41, 5.74) is 4.58. The Morgan fingerprint density at radius 2 is 1.65 bits per heavy atom. The average molecular weight is 497 g/mol. The molecule has 0 fully saturated rings. The third-order valence-electron chi connectivity index (χ3n) is 6.88. The highest BCUT2D eigenvalue weighted by atomic mass is 35.5. The lowest BCUT2D eigenvalue weighted by Crippen LogP contribution is -2.36. The van der Waals surface area contributed by atoms with E-state index in [0.29, 0.717) is 15.8 Å². The molecule has 0 aromatic heterocycles. The molecule has 1 aliphatic rings. The Hall–Kier alpha value is -2.53. The number of fused-ring (bicyclic) bond motifs is 1. The minimum atomic E-state index is -0.359. The van der Waals surface area contributed by atoms with Crippen molar-refractivity contribution in [1.29, 1.82) is 0 Å². The minimum absolute atomic E-state index is 0.0633. The highest BCUT2D eigenvalue weighted by Crippen LogP contribution is 2.44. The lowest BCUT2D eigenvalue weighted by Gasteiger charge is -2.36. The first-order valence-corrected chi connectivity index (χ1v) is 12.3. The van der Waals surface area contributed by atoms with Gasteiger partial charge in [0, 0.05) is 19.0 Å². The van der Waals surface area contributed by atoms with Crippen molar-refractivity contribution in [2.75, 3.05) is 21.1 Å². The Labute approximate surface area is 212 Å². The van der Waals surface area contributed by atoms with E-state index in [4.69, 9.17) is 27.9 Å². The van der Waals surface area contributed by atoms with Crippen LogP contribution in [0.5, 0.6) is 5.75 Å². The fourth-order valence-electron chi connectivity index (χ4n) is 4.68. The number of ether oxygens (including phenoxy) is 1. The zero-order valence-corrected chi connectivity index (χ0v) is 21.5. The second-order valence-electron chi connectivity index (χ2n) is 9.14. The molecule has 0 bridgehead atoms. The van der Waals surface area contributed by atoms with Crippen molar-refractivity contribution in [2.24, 2.45) is 0 Å². The van der Waals surface area contributed by atoms with Crippen molar-refractivity contribution in [3.63, 3.8) is 0 Å². The fourth-order valence-corrected chi connectivity index (χ4v) is 4.99. The Morgan fingerprint density at radius 1 is 0.912 bits per heavy atom. The van der Waals surface area contributed by atoms with Crippen LogP contribution in [0.25, 0.3) is 0 Å². The van der Waals surface area contributed by atoms with Gasteiger partial charge in [0.05, 0.1) is 16.1 Å². The molecule has 0 heterocycles. The Kier molecular flexibility index (Phi) is 7.51. The molecule has 3 aromatic carbocycles. The van der Waals surface area contributed by atoms with Crippen molar-refractivity contribution in [3.8, 4) is 5.75 Å². The minimum Gasteiger partial charge on any atom is -0.410 e. The van der Waals surface area contributed by atoms with E-state index in [2.05, 4.69) is 24.0 Å². The molecule has 0 N–H and O–H groups in total. The number of carbonyl (C=O) groups is 1. The van der Waals surface area contributed by atoms with Crippen LogP contribution in [0.4, 0.5) is 4.79 Å². The van der Waals surface area contributed by atoms with Crippen molar-refractivity contribution in [3.05, 3.63) is 99.0 Å². The molecule has 0 unspecified atom stereocenters. The predicted octanol–water partition coefficient (Wildman–Crippen LogP) is 7.71. The van der Waals surface area contributed by atoms with Crippen LogP contribution in [0.1, 0.15) is 60.0 Å². The number of carbonyl (C=O) groups excluding carboxylic acids is 1. The number of nitrogens with zero attached hydrogens (tertiary/aromatic N) is 2. The lowest BCUT2D eigenvalue weighted by atomic mass is 9.76. The molecule has 3 atom stereocenters. The third kappa shape index (κ3) is 5.10. The molecule has 1 aliphatic carbocycles. The fraction of sp³-hybridized carbons (Fsp3) is 0.321. The standard InChI is InChI=1S/C28H30Cl2N2O2/c1-18(31(2)3)19-8-7-9-21(16-19)34-28(33)32(4)27-15-13-22(23-10-5-6-11-24(23)27)20-12-14-25(29)26(30)17-20/h5-12,14,16-18,22,27H,13,15H2,1-4H3/t18-,22-,27-/m0/s1. The van der Waals surface area contributed by atoms with Gasteiger partial charge in [0.1, 0.15) is 5.75 Å². The van der Waals surface area contributed by atoms with E-state index in [1.807, 2.05) is 75.7 Å². The first kappa shape index (κ1) is 24.6. The summed E-state index contributed by atoms with van der Waals surface area (Å²) in [6.45, 7) is 2.12. The molecule has 0 spiro atoms. The summed E-state index contributed by atoms with van der Waals surface area (Å²) in [6, 6.07) is 22.0. The largest absolute Gasteiger partial charge is 0.415 e. The Bertz CT molecular complexity index is 1180. The zero-order chi connectivity index (χ0) is 24.4. The molecule has 4 nitrogen and oxygen atoms in total. The van der Waals surface area contributed by atoms with E-state index >= 15 is 0 Å². The van der Waals surface area contributed by atoms with Crippen molar-refractivity contribution < 1.29 is 9.53 Å². The van der Waals surface area contributed by atoms with Gasteiger partial charge >= 0.3 is 6.09 Å². The molecule has 0 aliphatic heterocycles. The number of rotatable bonds is 5. The summed E-state index contributed by atoms with van der Waals surface area (Å²) in [6.07, 6.45) is 1.36. The third-order valence-corrected chi connectivity index (χ3v) is 7.62. The first-order chi connectivity index (χ1) is 16.3. The van der Waals surface area contributed by atoms with E-state index in [9.17, 15) is 4.79 Å². The summed E-state index contributed by atoms with van der Waals surface area (Å²) < 4.78 is 5.79. The van der Waals surface area contributed by atoms with Crippen LogP contribution in [0.15, 0.2) is 66.7 Å². The van der Waals surface area contributed by atoms with Gasteiger partial charge in [-0.05, 0) is 80.4 Å². The van der Waals surface area contributed by atoms with Gasteiger partial charge in [-0.15, -0.1) is 0 Å². The average Bonchev–Trinajstić information content (AvgIpc) is 2.84. The molecule has 178 valence electrons. The first-order valence-electron chi connectivity index (χ1n) is 11.5. The molecule has 0 saturated heterocycles. The van der Waals surface area contributed by atoms with Gasteiger partial charge in [-0.2, -0.15) is 0 Å². The number of halogens is 2. The number of hydrogen-bond donors (Lipinski definition) is 0. The molecule has 3 aromatic rings. The van der Waals surface area contributed by atoms with E-state index < -0.39 is 0 Å². The van der Waals surface area contributed by atoms with Crippen LogP contribution < -0.4 is 4.74 Å². The maximum atomic E-state index is 13.1.